The van der Waals surface area contributed by atoms with Gasteiger partial charge in [-0.2, -0.15) is 0 Å². The molecule has 0 saturated heterocycles. The average molecular weight is 236 g/mol. The van der Waals surface area contributed by atoms with E-state index in [2.05, 4.69) is 9.97 Å². The van der Waals surface area contributed by atoms with Crippen LogP contribution in [0.15, 0.2) is 6.20 Å². The van der Waals surface area contributed by atoms with Crippen molar-refractivity contribution in [2.24, 2.45) is 5.92 Å². The van der Waals surface area contributed by atoms with Crippen molar-refractivity contribution in [3.8, 4) is 0 Å². The van der Waals surface area contributed by atoms with Crippen LogP contribution in [0.4, 0.5) is 11.6 Å². The summed E-state index contributed by atoms with van der Waals surface area (Å²) in [6, 6.07) is 0. The van der Waals surface area contributed by atoms with Crippen LogP contribution in [-0.4, -0.2) is 23.2 Å². The Balaban J connectivity index is 1.91. The van der Waals surface area contributed by atoms with Crippen LogP contribution in [0.2, 0.25) is 0 Å². The molecule has 0 radical (unpaired) electrons. The molecule has 0 bridgehead atoms. The van der Waals surface area contributed by atoms with Gasteiger partial charge in [0.1, 0.15) is 0 Å². The largest absolute Gasteiger partial charge is 0.381 e. The zero-order valence-electron chi connectivity index (χ0n) is 10.2. The van der Waals surface area contributed by atoms with Crippen LogP contribution in [0.3, 0.4) is 0 Å². The van der Waals surface area contributed by atoms with E-state index in [4.69, 9.17) is 16.2 Å². The maximum atomic E-state index is 5.65. The number of nitrogens with zero attached hydrogens (tertiary/aromatic N) is 2. The van der Waals surface area contributed by atoms with Crippen LogP contribution >= 0.6 is 0 Å². The van der Waals surface area contributed by atoms with Crippen LogP contribution < -0.4 is 11.5 Å². The molecule has 1 aliphatic carbocycles. The number of methoxy groups -OCH3 is 1. The van der Waals surface area contributed by atoms with Gasteiger partial charge < -0.3 is 16.2 Å². The molecule has 0 spiro atoms. The highest BCUT2D eigenvalue weighted by Crippen LogP contribution is 2.28. The van der Waals surface area contributed by atoms with Gasteiger partial charge in [-0.15, -0.1) is 0 Å². The van der Waals surface area contributed by atoms with Crippen molar-refractivity contribution in [1.82, 2.24) is 9.97 Å². The number of hydrogen-bond acceptors (Lipinski definition) is 5. The lowest BCUT2D eigenvalue weighted by molar-refractivity contribution is 0.0567. The summed E-state index contributed by atoms with van der Waals surface area (Å²) in [5, 5.41) is 0. The second kappa shape index (κ2) is 5.31. The Morgan fingerprint density at radius 2 is 1.94 bits per heavy atom. The van der Waals surface area contributed by atoms with E-state index in [0.29, 0.717) is 23.7 Å². The zero-order valence-corrected chi connectivity index (χ0v) is 10.2. The minimum absolute atomic E-state index is 0.317. The molecule has 0 unspecified atom stereocenters. The van der Waals surface area contributed by atoms with Crippen LogP contribution in [0, 0.1) is 5.92 Å². The third kappa shape index (κ3) is 3.06. The summed E-state index contributed by atoms with van der Waals surface area (Å²) in [6.45, 7) is 0. The Morgan fingerprint density at radius 3 is 2.53 bits per heavy atom. The molecule has 0 amide bonds. The van der Waals surface area contributed by atoms with Crippen molar-refractivity contribution in [3.63, 3.8) is 0 Å². The van der Waals surface area contributed by atoms with E-state index in [1.165, 1.54) is 12.8 Å². The highest BCUT2D eigenvalue weighted by atomic mass is 16.5. The lowest BCUT2D eigenvalue weighted by Gasteiger charge is -2.27. The molecule has 0 aliphatic heterocycles. The molecule has 1 fully saturated rings. The van der Waals surface area contributed by atoms with Crippen molar-refractivity contribution in [2.75, 3.05) is 18.6 Å². The number of nitrogens with two attached hydrogens (primary N) is 2. The molecule has 2 rings (SSSR count). The molecule has 94 valence electrons. The van der Waals surface area contributed by atoms with Gasteiger partial charge in [-0.3, -0.25) is 0 Å². The summed E-state index contributed by atoms with van der Waals surface area (Å²) in [4.78, 5) is 8.31. The average Bonchev–Trinajstić information content (AvgIpc) is 2.35. The monoisotopic (exact) mass is 236 g/mol. The predicted octanol–water partition coefficient (Wildman–Crippen LogP) is 1.39. The van der Waals surface area contributed by atoms with E-state index in [0.717, 1.165) is 25.0 Å². The molecular formula is C12H20N4O. The summed E-state index contributed by atoms with van der Waals surface area (Å²) < 4.78 is 5.36. The van der Waals surface area contributed by atoms with Crippen LogP contribution in [0.1, 0.15) is 31.4 Å². The minimum Gasteiger partial charge on any atom is -0.381 e. The van der Waals surface area contributed by atoms with Gasteiger partial charge in [0, 0.05) is 7.11 Å². The summed E-state index contributed by atoms with van der Waals surface area (Å²) in [5.41, 5.74) is 12.1. The fourth-order valence-electron chi connectivity index (χ4n) is 2.42. The predicted molar refractivity (Wildman–Crippen MR) is 67.3 cm³/mol. The van der Waals surface area contributed by atoms with E-state index in [9.17, 15) is 0 Å². The second-order valence-corrected chi connectivity index (χ2v) is 4.71. The first kappa shape index (κ1) is 12.1. The third-order valence-electron chi connectivity index (χ3n) is 3.50. The maximum absolute atomic E-state index is 5.65. The van der Waals surface area contributed by atoms with Crippen molar-refractivity contribution in [2.45, 2.75) is 38.2 Å². The van der Waals surface area contributed by atoms with Gasteiger partial charge in [0.05, 0.1) is 18.0 Å². The summed E-state index contributed by atoms with van der Waals surface area (Å²) in [7, 11) is 1.79. The van der Waals surface area contributed by atoms with Gasteiger partial charge in [-0.05, 0) is 38.0 Å². The fourth-order valence-corrected chi connectivity index (χ4v) is 2.42. The molecule has 1 saturated carbocycles. The lowest BCUT2D eigenvalue weighted by Crippen LogP contribution is -2.22. The Bertz CT molecular complexity index is 375. The Hall–Kier alpha value is -1.36. The number of ether oxygens (including phenoxy) is 1. The highest BCUT2D eigenvalue weighted by molar-refractivity contribution is 5.51. The van der Waals surface area contributed by atoms with Crippen LogP contribution in [0.25, 0.3) is 0 Å². The fraction of sp³-hybridized carbons (Fsp3) is 0.667. The molecule has 1 aromatic rings. The van der Waals surface area contributed by atoms with Gasteiger partial charge in [-0.1, -0.05) is 0 Å². The summed E-state index contributed by atoms with van der Waals surface area (Å²) in [5.74, 6) is 1.32. The van der Waals surface area contributed by atoms with E-state index < -0.39 is 0 Å². The van der Waals surface area contributed by atoms with E-state index in [1.807, 2.05) is 0 Å². The molecule has 1 aliphatic rings. The molecule has 5 heteroatoms. The van der Waals surface area contributed by atoms with Gasteiger partial charge in [-0.25, -0.2) is 9.97 Å². The number of rotatable bonds is 3. The SMILES string of the molecule is CO[C@H]1CC[C@H](Cc2cnc(N)c(N)n2)CC1. The van der Waals surface area contributed by atoms with E-state index >= 15 is 0 Å². The van der Waals surface area contributed by atoms with Crippen molar-refractivity contribution in [3.05, 3.63) is 11.9 Å². The number of nitrogen functional groups attached to an aromatic ring is 2. The number of aromatic nitrogens is 2. The quantitative estimate of drug-likeness (QED) is 0.828. The van der Waals surface area contributed by atoms with Gasteiger partial charge >= 0.3 is 0 Å². The van der Waals surface area contributed by atoms with Gasteiger partial charge in [0.15, 0.2) is 11.6 Å². The van der Waals surface area contributed by atoms with E-state index in [1.54, 1.807) is 13.3 Å². The zero-order chi connectivity index (χ0) is 12.3. The third-order valence-corrected chi connectivity index (χ3v) is 3.50. The Kier molecular flexibility index (Phi) is 3.78. The normalized spacial score (nSPS) is 24.8. The molecule has 5 nitrogen and oxygen atoms in total. The molecule has 1 heterocycles. The first-order valence-corrected chi connectivity index (χ1v) is 6.08. The first-order chi connectivity index (χ1) is 8.19. The van der Waals surface area contributed by atoms with Crippen molar-refractivity contribution < 1.29 is 4.74 Å². The molecule has 1 aromatic heterocycles. The van der Waals surface area contributed by atoms with E-state index in [-0.39, 0.29) is 0 Å². The van der Waals surface area contributed by atoms with Crippen LogP contribution in [-0.2, 0) is 11.2 Å². The molecule has 0 atom stereocenters. The van der Waals surface area contributed by atoms with Crippen LogP contribution in [0.5, 0.6) is 0 Å². The Morgan fingerprint density at radius 1 is 1.24 bits per heavy atom. The van der Waals surface area contributed by atoms with Gasteiger partial charge in [0.2, 0.25) is 0 Å². The van der Waals surface area contributed by atoms with Crippen molar-refractivity contribution >= 4 is 11.6 Å². The molecule has 4 N–H and O–H groups in total. The standard InChI is InChI=1S/C12H20N4O/c1-17-10-4-2-8(3-5-10)6-9-7-15-11(13)12(14)16-9/h7-8,10H,2-6H2,1H3,(H2,13,15)(H2,14,16)/t8-,10-. The maximum Gasteiger partial charge on any atom is 0.166 e. The topological polar surface area (TPSA) is 87.0 Å². The summed E-state index contributed by atoms with van der Waals surface area (Å²) >= 11 is 0. The second-order valence-electron chi connectivity index (χ2n) is 4.71. The molecular weight excluding hydrogens is 216 g/mol. The Labute approximate surface area is 102 Å². The summed E-state index contributed by atoms with van der Waals surface area (Å²) in [6.07, 6.45) is 7.75. The minimum atomic E-state index is 0.317. The number of anilines is 2. The lowest BCUT2D eigenvalue weighted by atomic mass is 9.84. The number of hydrogen-bond donors (Lipinski definition) is 2. The highest BCUT2D eigenvalue weighted by Gasteiger charge is 2.21. The first-order valence-electron chi connectivity index (χ1n) is 6.08. The van der Waals surface area contributed by atoms with Gasteiger partial charge in [0.25, 0.3) is 0 Å². The smallest absolute Gasteiger partial charge is 0.166 e. The molecule has 0 aromatic carbocycles. The molecule has 17 heavy (non-hydrogen) atoms. The van der Waals surface area contributed by atoms with Crippen molar-refractivity contribution in [1.29, 1.82) is 0 Å².